The second-order valence-electron chi connectivity index (χ2n) is 2.14. The molecule has 0 saturated heterocycles. The van der Waals surface area contributed by atoms with Crippen molar-refractivity contribution in [2.75, 3.05) is 0 Å². The number of thiocarbonyl (C=S) groups is 1. The molecular weight excluding hydrogens is 146 g/mol. The summed E-state index contributed by atoms with van der Waals surface area (Å²) >= 11 is 4.32. The highest BCUT2D eigenvalue weighted by Crippen LogP contribution is 2.48. The molecule has 0 aliphatic heterocycles. The van der Waals surface area contributed by atoms with Crippen LogP contribution in [-0.2, 0) is 0 Å². The van der Waals surface area contributed by atoms with Gasteiger partial charge in [-0.3, -0.25) is 25.7 Å². The van der Waals surface area contributed by atoms with E-state index in [4.69, 9.17) is 25.7 Å². The summed E-state index contributed by atoms with van der Waals surface area (Å²) in [5.74, 6) is 0. The zero-order chi connectivity index (χ0) is 7.12. The molecule has 10 N–H and O–H groups in total. The molecule has 0 saturated carbocycles. The molecule has 0 fully saturated rings. The molecule has 8 heavy (non-hydrogen) atoms. The molecule has 52 valence electrons. The van der Waals surface area contributed by atoms with Gasteiger partial charge in [0.25, 0.3) is 0 Å². The maximum absolute atomic E-state index is 5.09. The van der Waals surface area contributed by atoms with Crippen molar-refractivity contribution < 1.29 is 0 Å². The van der Waals surface area contributed by atoms with Crippen molar-refractivity contribution >= 4 is 26.1 Å². The topological polar surface area (TPSA) is 130 Å². The minimum Gasteiger partial charge on any atom is -0.265 e. The summed E-state index contributed by atoms with van der Waals surface area (Å²) in [7, 11) is -4.31. The normalized spacial score (nSPS) is 21.1. The van der Waals surface area contributed by atoms with Crippen LogP contribution in [0.25, 0.3) is 0 Å². The van der Waals surface area contributed by atoms with Gasteiger partial charge in [-0.25, -0.2) is 0 Å². The zero-order valence-electron chi connectivity index (χ0n) is 4.28. The standard InChI is InChI=1S/CH11N5S2/c2-8(3,4,5,6)1-7/h1H,2-6H2. The lowest BCUT2D eigenvalue weighted by molar-refractivity contribution is 1.42. The number of rotatable bonds is 1. The largest absolute Gasteiger partial charge is 0.265 e. The summed E-state index contributed by atoms with van der Waals surface area (Å²) < 4.78 is 0.819. The van der Waals surface area contributed by atoms with Crippen molar-refractivity contribution in [3.8, 4) is 0 Å². The van der Waals surface area contributed by atoms with E-state index in [2.05, 4.69) is 12.2 Å². The number of hydrogen-bond donors (Lipinski definition) is 5. The van der Waals surface area contributed by atoms with Crippen molar-refractivity contribution in [2.45, 2.75) is 0 Å². The Morgan fingerprint density at radius 3 is 1.12 bits per heavy atom. The second kappa shape index (κ2) is 1.07. The van der Waals surface area contributed by atoms with Gasteiger partial charge in [-0.15, -0.1) is 0 Å². The minimum atomic E-state index is -4.31. The lowest BCUT2D eigenvalue weighted by Crippen LogP contribution is -2.72. The highest BCUT2D eigenvalue weighted by molar-refractivity contribution is 8.68. The van der Waals surface area contributed by atoms with Gasteiger partial charge >= 0.3 is 0 Å². The van der Waals surface area contributed by atoms with Gasteiger partial charge < -0.3 is 0 Å². The second-order valence-corrected chi connectivity index (χ2v) is 6.99. The van der Waals surface area contributed by atoms with E-state index in [-0.39, 0.29) is 0 Å². The first-order chi connectivity index (χ1) is 3.04. The van der Waals surface area contributed by atoms with Crippen LogP contribution in [-0.4, -0.2) is 4.70 Å². The van der Waals surface area contributed by atoms with Gasteiger partial charge in [-0.2, -0.15) is 0 Å². The third-order valence-electron chi connectivity index (χ3n) is 0.278. The predicted molar refractivity (Wildman–Crippen MR) is 42.2 cm³/mol. The predicted octanol–water partition coefficient (Wildman–Crippen LogP) is -1.81. The molecule has 0 radical (unpaired) electrons. The summed E-state index contributed by atoms with van der Waals surface area (Å²) in [6.07, 6.45) is 0. The first-order valence-electron chi connectivity index (χ1n) is 1.65. The third-order valence-corrected chi connectivity index (χ3v) is 2.50. The van der Waals surface area contributed by atoms with E-state index >= 15 is 0 Å². The van der Waals surface area contributed by atoms with Crippen LogP contribution in [0.4, 0.5) is 0 Å². The van der Waals surface area contributed by atoms with Crippen LogP contribution < -0.4 is 25.7 Å². The van der Waals surface area contributed by atoms with Crippen LogP contribution in [0.15, 0.2) is 0 Å². The Bertz CT molecular complexity index is 114. The van der Waals surface area contributed by atoms with E-state index in [0.29, 0.717) is 0 Å². The average Bonchev–Trinajstić information content (AvgIpc) is 1.30. The lowest BCUT2D eigenvalue weighted by Gasteiger charge is -2.61. The first-order valence-corrected chi connectivity index (χ1v) is 4.95. The Hall–Kier alpha value is 0.240. The highest BCUT2D eigenvalue weighted by Gasteiger charge is 2.34. The maximum atomic E-state index is 5.09. The van der Waals surface area contributed by atoms with Crippen molar-refractivity contribution in [1.29, 1.82) is 0 Å². The van der Waals surface area contributed by atoms with Crippen LogP contribution in [0.5, 0.6) is 0 Å². The van der Waals surface area contributed by atoms with Gasteiger partial charge in [0.05, 0.1) is 4.70 Å². The summed E-state index contributed by atoms with van der Waals surface area (Å²) in [5.41, 5.74) is 0. The van der Waals surface area contributed by atoms with Crippen LogP contribution in [0, 0.1) is 0 Å². The smallest absolute Gasteiger partial charge is 0.0593 e. The van der Waals surface area contributed by atoms with Gasteiger partial charge in [0.2, 0.25) is 0 Å². The van der Waals surface area contributed by atoms with Gasteiger partial charge in [-0.05, 0) is 0 Å². The third kappa shape index (κ3) is 6.24. The van der Waals surface area contributed by atoms with Gasteiger partial charge in [-0.1, -0.05) is 21.4 Å². The van der Waals surface area contributed by atoms with E-state index < -0.39 is 9.22 Å². The Morgan fingerprint density at radius 2 is 1.12 bits per heavy atom. The van der Waals surface area contributed by atoms with E-state index in [1.807, 2.05) is 0 Å². The molecule has 0 aliphatic rings. The fraction of sp³-hybridized carbons (Fsp3) is 0. The van der Waals surface area contributed by atoms with Crippen molar-refractivity contribution in [3.05, 3.63) is 0 Å². The molecule has 5 nitrogen and oxygen atoms in total. The molecule has 0 aromatic heterocycles. The Labute approximate surface area is 52.5 Å². The number of nitrogens with two attached hydrogens (primary N) is 5. The molecule has 0 aromatic carbocycles. The zero-order valence-corrected chi connectivity index (χ0v) is 5.91. The molecule has 0 heterocycles. The van der Waals surface area contributed by atoms with Crippen LogP contribution in [0.2, 0.25) is 0 Å². The molecular formula is CH11N5S2. The van der Waals surface area contributed by atoms with Crippen molar-refractivity contribution in [3.63, 3.8) is 0 Å². The van der Waals surface area contributed by atoms with E-state index in [1.54, 1.807) is 0 Å². The summed E-state index contributed by atoms with van der Waals surface area (Å²) in [6, 6.07) is 0. The molecule has 0 aliphatic carbocycles. The molecule has 7 heteroatoms. The Balaban J connectivity index is 4.77. The first kappa shape index (κ1) is 8.24. The summed E-state index contributed by atoms with van der Waals surface area (Å²) in [4.78, 5) is 0. The van der Waals surface area contributed by atoms with Crippen LogP contribution >= 0.6 is 21.4 Å². The lowest BCUT2D eigenvalue weighted by atomic mass is 11.9. The fourth-order valence-corrected chi connectivity index (χ4v) is 0. The molecule has 0 spiro atoms. The van der Waals surface area contributed by atoms with Gasteiger partial charge in [0.15, 0.2) is 0 Å². The maximum Gasteiger partial charge on any atom is 0.0593 e. The Morgan fingerprint density at radius 1 is 1.00 bits per heavy atom. The number of hydrogen-bond acceptors (Lipinski definition) is 6. The average molecular weight is 157 g/mol. The Kier molecular flexibility index (Phi) is 1.10. The van der Waals surface area contributed by atoms with E-state index in [1.165, 1.54) is 0 Å². The minimum absolute atomic E-state index is 0.819. The molecule has 0 bridgehead atoms. The SMILES string of the molecule is NS(N)(N)(N)(N)C=S. The monoisotopic (exact) mass is 157 g/mol. The van der Waals surface area contributed by atoms with Gasteiger partial charge in [0, 0.05) is 0 Å². The van der Waals surface area contributed by atoms with Crippen molar-refractivity contribution in [2.24, 2.45) is 25.7 Å². The molecule has 0 atom stereocenters. The molecule has 0 amide bonds. The fourth-order valence-electron chi connectivity index (χ4n) is 0. The molecule has 0 aromatic rings. The summed E-state index contributed by atoms with van der Waals surface area (Å²) in [6.45, 7) is 0. The molecule has 0 rings (SSSR count). The van der Waals surface area contributed by atoms with E-state index in [0.717, 1.165) is 4.70 Å². The van der Waals surface area contributed by atoms with Crippen LogP contribution in [0.3, 0.4) is 0 Å². The van der Waals surface area contributed by atoms with Crippen LogP contribution in [0.1, 0.15) is 0 Å². The quantitative estimate of drug-likeness (QED) is 0.285. The van der Waals surface area contributed by atoms with Crippen molar-refractivity contribution in [1.82, 2.24) is 0 Å². The summed E-state index contributed by atoms with van der Waals surface area (Å²) in [5, 5.41) is 25.5. The van der Waals surface area contributed by atoms with Gasteiger partial charge in [0.1, 0.15) is 0 Å². The highest BCUT2D eigenvalue weighted by atomic mass is 32.4. The molecule has 0 unspecified atom stereocenters. The van der Waals surface area contributed by atoms with E-state index in [9.17, 15) is 0 Å².